The lowest BCUT2D eigenvalue weighted by molar-refractivity contribution is 0.590. The maximum Gasteiger partial charge on any atom is 0.0641 e. The van der Waals surface area contributed by atoms with Gasteiger partial charge in [0, 0.05) is 60.2 Å². The van der Waals surface area contributed by atoms with Crippen LogP contribution in [0.4, 0.5) is 17.1 Å². The highest BCUT2D eigenvalue weighted by molar-refractivity contribution is 6.34. The molecular weight excluding hydrogens is 643 g/mol. The van der Waals surface area contributed by atoms with Crippen LogP contribution in [0.3, 0.4) is 0 Å². The Hall–Kier alpha value is -6.06. The zero-order valence-electron chi connectivity index (χ0n) is 31.1. The molecule has 4 heterocycles. The van der Waals surface area contributed by atoms with E-state index in [0.29, 0.717) is 0 Å². The molecule has 4 aromatic heterocycles. The van der Waals surface area contributed by atoms with E-state index in [1.165, 1.54) is 87.3 Å². The van der Waals surface area contributed by atoms with E-state index in [1.807, 2.05) is 0 Å². The van der Waals surface area contributed by atoms with Gasteiger partial charge in [0.2, 0.25) is 0 Å². The van der Waals surface area contributed by atoms with Gasteiger partial charge in [0.15, 0.2) is 0 Å². The summed E-state index contributed by atoms with van der Waals surface area (Å²) in [7, 11) is 0. The first kappa shape index (κ1) is 30.6. The van der Waals surface area contributed by atoms with Crippen molar-refractivity contribution in [1.82, 2.24) is 8.80 Å². The molecule has 0 atom stereocenters. The minimum absolute atomic E-state index is 0.00886. The van der Waals surface area contributed by atoms with Gasteiger partial charge in [0.25, 0.3) is 0 Å². The Kier molecular flexibility index (Phi) is 5.93. The summed E-state index contributed by atoms with van der Waals surface area (Å²) in [6.45, 7) is 14.0. The molecule has 256 valence electrons. The van der Waals surface area contributed by atoms with E-state index in [4.69, 9.17) is 0 Å². The Labute approximate surface area is 309 Å². The van der Waals surface area contributed by atoms with Gasteiger partial charge in [-0.3, -0.25) is 0 Å². The number of rotatable bonds is 3. The Bertz CT molecular complexity index is 3180. The molecule has 11 aromatic rings. The molecule has 53 heavy (non-hydrogen) atoms. The first-order chi connectivity index (χ1) is 25.6. The van der Waals surface area contributed by atoms with Gasteiger partial charge in [-0.25, -0.2) is 0 Å². The van der Waals surface area contributed by atoms with Gasteiger partial charge < -0.3 is 13.7 Å². The topological polar surface area (TPSA) is 12.1 Å². The van der Waals surface area contributed by atoms with Gasteiger partial charge in [-0.2, -0.15) is 0 Å². The Morgan fingerprint density at radius 3 is 1.57 bits per heavy atom. The number of nitrogens with zero attached hydrogens (tertiary/aromatic N) is 3. The Morgan fingerprint density at radius 2 is 0.887 bits per heavy atom. The summed E-state index contributed by atoms with van der Waals surface area (Å²) in [5.74, 6) is 0. The first-order valence-electron chi connectivity index (χ1n) is 18.9. The van der Waals surface area contributed by atoms with Crippen LogP contribution < -0.4 is 4.90 Å². The lowest BCUT2D eigenvalue weighted by Gasteiger charge is -2.25. The number of anilines is 3. The maximum absolute atomic E-state index is 2.58. The molecule has 0 unspecified atom stereocenters. The van der Waals surface area contributed by atoms with Crippen LogP contribution in [-0.2, 0) is 10.8 Å². The van der Waals surface area contributed by atoms with Crippen LogP contribution in [0.1, 0.15) is 52.7 Å². The third-order valence-corrected chi connectivity index (χ3v) is 11.8. The fourth-order valence-electron chi connectivity index (χ4n) is 9.22. The molecule has 3 heteroatoms. The largest absolute Gasteiger partial charge is 0.310 e. The van der Waals surface area contributed by atoms with Crippen LogP contribution in [0.2, 0.25) is 0 Å². The molecule has 7 aromatic carbocycles. The molecule has 0 spiro atoms. The molecule has 0 saturated heterocycles. The normalized spacial score (nSPS) is 13.1. The summed E-state index contributed by atoms with van der Waals surface area (Å²) >= 11 is 0. The third-order valence-electron chi connectivity index (χ3n) is 11.8. The molecule has 0 aliphatic carbocycles. The smallest absolute Gasteiger partial charge is 0.0641 e. The summed E-state index contributed by atoms with van der Waals surface area (Å²) < 4.78 is 5.13. The number of aromatic nitrogens is 2. The van der Waals surface area contributed by atoms with Crippen molar-refractivity contribution in [2.45, 2.75) is 52.4 Å². The van der Waals surface area contributed by atoms with E-state index in [9.17, 15) is 0 Å². The standard InChI is InChI=1S/C50H41N3/c1-49(2,3)30-21-23-43-37(25-30)38-26-31(50(4,5)6)27-41-45-44(52(43)47(38)41)24-22-36-40-29-34(51(32-15-9-7-10-16-32)33-17-11-8-12-18-33)28-39-35-19-13-14-20-42(35)53(46(39)40)48(36)45/h7-29H,1-6H3. The summed E-state index contributed by atoms with van der Waals surface area (Å²) in [6.07, 6.45) is 0. The van der Waals surface area contributed by atoms with Gasteiger partial charge in [-0.05, 0) is 94.8 Å². The molecule has 0 amide bonds. The van der Waals surface area contributed by atoms with E-state index >= 15 is 0 Å². The first-order valence-corrected chi connectivity index (χ1v) is 18.9. The minimum atomic E-state index is -0.00886. The highest BCUT2D eigenvalue weighted by atomic mass is 15.1. The zero-order chi connectivity index (χ0) is 36.0. The average Bonchev–Trinajstić information content (AvgIpc) is 3.87. The second kappa shape index (κ2) is 10.3. The van der Waals surface area contributed by atoms with Crippen molar-refractivity contribution in [3.05, 3.63) is 151 Å². The lowest BCUT2D eigenvalue weighted by atomic mass is 9.84. The van der Waals surface area contributed by atoms with Crippen molar-refractivity contribution in [2.75, 3.05) is 4.90 Å². The predicted molar refractivity (Wildman–Crippen MR) is 228 cm³/mol. The van der Waals surface area contributed by atoms with Crippen LogP contribution in [0.25, 0.3) is 76.2 Å². The van der Waals surface area contributed by atoms with Gasteiger partial charge in [0.05, 0.1) is 33.1 Å². The van der Waals surface area contributed by atoms with Crippen LogP contribution in [0.15, 0.2) is 140 Å². The van der Waals surface area contributed by atoms with Gasteiger partial charge >= 0.3 is 0 Å². The summed E-state index contributed by atoms with van der Waals surface area (Å²) in [5.41, 5.74) is 13.9. The third kappa shape index (κ3) is 4.11. The van der Waals surface area contributed by atoms with Gasteiger partial charge in [-0.1, -0.05) is 108 Å². The molecule has 0 fully saturated rings. The SMILES string of the molecule is CC(C)(C)c1ccc2c(c1)c1cc(C(C)(C)C)cc3c4c(ccc5c6cc(N(c7ccccc7)c7ccccc7)cc7c8ccccc8n(c76)c54)n2c13. The molecular formula is C50H41N3. The fraction of sp³-hybridized carbons (Fsp3) is 0.160. The van der Waals surface area contributed by atoms with Gasteiger partial charge in [-0.15, -0.1) is 0 Å². The number of fused-ring (bicyclic) bond motifs is 13. The molecule has 0 N–H and O–H groups in total. The summed E-state index contributed by atoms with van der Waals surface area (Å²) in [4.78, 5) is 2.40. The molecule has 0 aliphatic rings. The Balaban J connectivity index is 1.33. The van der Waals surface area contributed by atoms with Crippen LogP contribution in [-0.4, -0.2) is 8.80 Å². The van der Waals surface area contributed by atoms with Crippen LogP contribution >= 0.6 is 0 Å². The van der Waals surface area contributed by atoms with Crippen molar-refractivity contribution in [3.63, 3.8) is 0 Å². The number of hydrogen-bond donors (Lipinski definition) is 0. The molecule has 0 aliphatic heterocycles. The summed E-state index contributed by atoms with van der Waals surface area (Å²) in [5, 5.41) is 10.5. The average molecular weight is 684 g/mol. The van der Waals surface area contributed by atoms with Crippen LogP contribution in [0.5, 0.6) is 0 Å². The number of benzene rings is 7. The van der Waals surface area contributed by atoms with Gasteiger partial charge in [0.1, 0.15) is 0 Å². The van der Waals surface area contributed by atoms with E-state index in [1.54, 1.807) is 0 Å². The zero-order valence-corrected chi connectivity index (χ0v) is 31.1. The minimum Gasteiger partial charge on any atom is -0.310 e. The van der Waals surface area contributed by atoms with Crippen molar-refractivity contribution < 1.29 is 0 Å². The lowest BCUT2D eigenvalue weighted by Crippen LogP contribution is -2.11. The quantitative estimate of drug-likeness (QED) is 0.180. The van der Waals surface area contributed by atoms with Crippen LogP contribution in [0, 0.1) is 0 Å². The van der Waals surface area contributed by atoms with E-state index in [-0.39, 0.29) is 10.8 Å². The molecule has 0 radical (unpaired) electrons. The number of para-hydroxylation sites is 3. The van der Waals surface area contributed by atoms with E-state index < -0.39 is 0 Å². The molecule has 3 nitrogen and oxygen atoms in total. The molecule has 0 bridgehead atoms. The highest BCUT2D eigenvalue weighted by Crippen LogP contribution is 2.49. The second-order valence-electron chi connectivity index (χ2n) is 17.1. The molecule has 0 saturated carbocycles. The maximum atomic E-state index is 2.58. The van der Waals surface area contributed by atoms with Crippen molar-refractivity contribution in [2.24, 2.45) is 0 Å². The number of hydrogen-bond acceptors (Lipinski definition) is 1. The highest BCUT2D eigenvalue weighted by Gasteiger charge is 2.28. The van der Waals surface area contributed by atoms with E-state index in [2.05, 4.69) is 195 Å². The monoisotopic (exact) mass is 683 g/mol. The van der Waals surface area contributed by atoms with E-state index in [0.717, 1.165) is 17.1 Å². The summed E-state index contributed by atoms with van der Waals surface area (Å²) in [6, 6.07) is 52.2. The van der Waals surface area contributed by atoms with Crippen molar-refractivity contribution >= 4 is 93.3 Å². The van der Waals surface area contributed by atoms with Crippen molar-refractivity contribution in [1.29, 1.82) is 0 Å². The van der Waals surface area contributed by atoms with Crippen molar-refractivity contribution in [3.8, 4) is 0 Å². The predicted octanol–water partition coefficient (Wildman–Crippen LogP) is 14.1. The molecule has 11 rings (SSSR count). The Morgan fingerprint density at radius 1 is 0.358 bits per heavy atom. The fourth-order valence-corrected chi connectivity index (χ4v) is 9.22. The second-order valence-corrected chi connectivity index (χ2v) is 17.1.